The molecule has 2 heterocycles. The number of amides is 1. The largest absolute Gasteiger partial charge is 0.493 e. The maximum atomic E-state index is 13.0. The fraction of sp³-hybridized carbons (Fsp3) is 0.391. The van der Waals surface area contributed by atoms with Gasteiger partial charge in [-0.2, -0.15) is 0 Å². The third-order valence-electron chi connectivity index (χ3n) is 5.59. The van der Waals surface area contributed by atoms with Gasteiger partial charge in [0.15, 0.2) is 11.5 Å². The number of hydrogen-bond donors (Lipinski definition) is 0. The molecule has 0 bridgehead atoms. The molecule has 1 saturated heterocycles. The van der Waals surface area contributed by atoms with Gasteiger partial charge in [-0.25, -0.2) is 0 Å². The molecule has 1 atom stereocenters. The number of oxime groups is 1. The molecule has 0 N–H and O–H groups in total. The highest BCUT2D eigenvalue weighted by Gasteiger charge is 2.35. The van der Waals surface area contributed by atoms with Crippen LogP contribution in [0, 0.1) is 0 Å². The molecule has 30 heavy (non-hydrogen) atoms. The third kappa shape index (κ3) is 4.26. The van der Waals surface area contributed by atoms with Crippen LogP contribution in [0.4, 0.5) is 0 Å². The van der Waals surface area contributed by atoms with Gasteiger partial charge in [-0.3, -0.25) is 9.69 Å². The number of piperazine rings is 1. The normalized spacial score (nSPS) is 19.2. The molecule has 0 radical (unpaired) electrons. The van der Waals surface area contributed by atoms with Crippen LogP contribution < -0.4 is 9.47 Å². The minimum absolute atomic E-state index is 0.00465. The lowest BCUT2D eigenvalue weighted by Crippen LogP contribution is -2.51. The van der Waals surface area contributed by atoms with Crippen molar-refractivity contribution in [3.8, 4) is 11.5 Å². The summed E-state index contributed by atoms with van der Waals surface area (Å²) in [5.74, 6) is 1.22. The highest BCUT2D eigenvalue weighted by molar-refractivity contribution is 6.06. The minimum Gasteiger partial charge on any atom is -0.493 e. The number of ether oxygens (including phenoxy) is 2. The Bertz CT molecular complexity index is 908. The molecule has 158 valence electrons. The van der Waals surface area contributed by atoms with Gasteiger partial charge in [-0.05, 0) is 17.7 Å². The summed E-state index contributed by atoms with van der Waals surface area (Å²) < 4.78 is 10.8. The lowest BCUT2D eigenvalue weighted by molar-refractivity contribution is -0.143. The number of methoxy groups -OCH3 is 2. The number of carbonyl (C=O) groups excluding carboxylic acids is 1. The molecule has 0 aromatic heterocycles. The van der Waals surface area contributed by atoms with Crippen LogP contribution in [-0.2, 0) is 16.2 Å². The number of carbonyl (C=O) groups is 1. The van der Waals surface area contributed by atoms with Crippen molar-refractivity contribution in [2.24, 2.45) is 5.16 Å². The van der Waals surface area contributed by atoms with E-state index in [-0.39, 0.29) is 5.91 Å². The lowest BCUT2D eigenvalue weighted by Gasteiger charge is -2.35. The van der Waals surface area contributed by atoms with Gasteiger partial charge in [0.2, 0.25) is 6.10 Å². The van der Waals surface area contributed by atoms with Crippen molar-refractivity contribution in [3.63, 3.8) is 0 Å². The molecular formula is C23H27N3O4. The molecule has 1 amide bonds. The third-order valence-corrected chi connectivity index (χ3v) is 5.59. The summed E-state index contributed by atoms with van der Waals surface area (Å²) in [4.78, 5) is 22.7. The maximum Gasteiger partial charge on any atom is 0.266 e. The van der Waals surface area contributed by atoms with Crippen LogP contribution in [0.3, 0.4) is 0 Å². The van der Waals surface area contributed by atoms with Crippen molar-refractivity contribution in [2.45, 2.75) is 19.1 Å². The standard InChI is InChI=1S/C23H27N3O4/c1-28-20-10-6-9-18(22(20)29-2)19-15-21(30-24-19)23(27)26-13-11-25(12-14-26)16-17-7-4-3-5-8-17/h3-10,21H,11-16H2,1-2H3/t21-/m1/s1. The number of nitrogens with zero attached hydrogens (tertiary/aromatic N) is 3. The zero-order valence-electron chi connectivity index (χ0n) is 17.4. The summed E-state index contributed by atoms with van der Waals surface area (Å²) in [5.41, 5.74) is 2.79. The van der Waals surface area contributed by atoms with E-state index in [0.29, 0.717) is 36.7 Å². The zero-order valence-corrected chi connectivity index (χ0v) is 17.4. The van der Waals surface area contributed by atoms with E-state index in [4.69, 9.17) is 14.3 Å². The summed E-state index contributed by atoms with van der Waals surface area (Å²) in [7, 11) is 3.19. The van der Waals surface area contributed by atoms with Crippen LogP contribution in [0.2, 0.25) is 0 Å². The molecule has 4 rings (SSSR count). The average Bonchev–Trinajstić information content (AvgIpc) is 3.29. The van der Waals surface area contributed by atoms with Crippen molar-refractivity contribution in [3.05, 3.63) is 59.7 Å². The van der Waals surface area contributed by atoms with Crippen LogP contribution in [0.15, 0.2) is 53.7 Å². The van der Waals surface area contributed by atoms with Crippen molar-refractivity contribution in [2.75, 3.05) is 40.4 Å². The van der Waals surface area contributed by atoms with Gasteiger partial charge in [0.25, 0.3) is 5.91 Å². The molecule has 0 spiro atoms. The highest BCUT2D eigenvalue weighted by atomic mass is 16.6. The second-order valence-electron chi connectivity index (χ2n) is 7.46. The van der Waals surface area contributed by atoms with E-state index in [0.717, 1.165) is 25.2 Å². The predicted octanol–water partition coefficient (Wildman–Crippen LogP) is 2.54. The molecule has 7 nitrogen and oxygen atoms in total. The number of rotatable bonds is 6. The lowest BCUT2D eigenvalue weighted by atomic mass is 10.0. The van der Waals surface area contributed by atoms with E-state index in [1.165, 1.54) is 5.56 Å². The Labute approximate surface area is 176 Å². The summed E-state index contributed by atoms with van der Waals surface area (Å²) in [5, 5.41) is 4.18. The monoisotopic (exact) mass is 409 g/mol. The fourth-order valence-electron chi connectivity index (χ4n) is 3.95. The first kappa shape index (κ1) is 20.2. The highest BCUT2D eigenvalue weighted by Crippen LogP contribution is 2.33. The Balaban J connectivity index is 1.33. The Morgan fingerprint density at radius 1 is 1.03 bits per heavy atom. The SMILES string of the molecule is COc1cccc(C2=NO[C@@H](C(=O)N3CCN(Cc4ccccc4)CC3)C2)c1OC. The zero-order chi connectivity index (χ0) is 20.9. The number of para-hydroxylation sites is 1. The van der Waals surface area contributed by atoms with Crippen LogP contribution in [0.5, 0.6) is 11.5 Å². The van der Waals surface area contributed by atoms with Gasteiger partial charge in [-0.15, -0.1) is 0 Å². The smallest absolute Gasteiger partial charge is 0.266 e. The van der Waals surface area contributed by atoms with E-state index in [1.54, 1.807) is 14.2 Å². The van der Waals surface area contributed by atoms with Gasteiger partial charge in [0.1, 0.15) is 0 Å². The maximum absolute atomic E-state index is 13.0. The van der Waals surface area contributed by atoms with Gasteiger partial charge < -0.3 is 19.2 Å². The van der Waals surface area contributed by atoms with E-state index >= 15 is 0 Å². The Kier molecular flexibility index (Phi) is 6.18. The van der Waals surface area contributed by atoms with Crippen LogP contribution in [-0.4, -0.2) is 67.9 Å². The molecule has 1 fully saturated rings. The summed E-state index contributed by atoms with van der Waals surface area (Å²) in [6.07, 6.45) is -0.163. The fourth-order valence-corrected chi connectivity index (χ4v) is 3.95. The first-order valence-corrected chi connectivity index (χ1v) is 10.2. The molecule has 0 saturated carbocycles. The first-order chi connectivity index (χ1) is 14.7. The van der Waals surface area contributed by atoms with Crippen molar-refractivity contribution < 1.29 is 19.1 Å². The van der Waals surface area contributed by atoms with Crippen molar-refractivity contribution in [1.29, 1.82) is 0 Å². The number of hydrogen-bond acceptors (Lipinski definition) is 6. The quantitative estimate of drug-likeness (QED) is 0.734. The topological polar surface area (TPSA) is 63.6 Å². The van der Waals surface area contributed by atoms with E-state index in [1.807, 2.05) is 29.2 Å². The second-order valence-corrected chi connectivity index (χ2v) is 7.46. The average molecular weight is 409 g/mol. The van der Waals surface area contributed by atoms with Crippen LogP contribution in [0.25, 0.3) is 0 Å². The van der Waals surface area contributed by atoms with Crippen molar-refractivity contribution >= 4 is 11.6 Å². The first-order valence-electron chi connectivity index (χ1n) is 10.2. The van der Waals surface area contributed by atoms with E-state index in [2.05, 4.69) is 34.3 Å². The Morgan fingerprint density at radius 3 is 2.50 bits per heavy atom. The number of benzene rings is 2. The summed E-state index contributed by atoms with van der Waals surface area (Å²) >= 11 is 0. The molecule has 0 unspecified atom stereocenters. The molecule has 7 heteroatoms. The van der Waals surface area contributed by atoms with Crippen LogP contribution in [0.1, 0.15) is 17.5 Å². The summed E-state index contributed by atoms with van der Waals surface area (Å²) in [6, 6.07) is 16.0. The molecule has 2 aromatic rings. The van der Waals surface area contributed by atoms with E-state index < -0.39 is 6.10 Å². The second kappa shape index (κ2) is 9.17. The molecule has 0 aliphatic carbocycles. The predicted molar refractivity (Wildman–Crippen MR) is 114 cm³/mol. The Morgan fingerprint density at radius 2 is 1.80 bits per heavy atom. The van der Waals surface area contributed by atoms with Gasteiger partial charge in [0.05, 0.1) is 19.9 Å². The van der Waals surface area contributed by atoms with Gasteiger partial charge in [-0.1, -0.05) is 41.6 Å². The summed E-state index contributed by atoms with van der Waals surface area (Å²) in [6.45, 7) is 4.01. The minimum atomic E-state index is -0.586. The Hall–Kier alpha value is -3.06. The van der Waals surface area contributed by atoms with E-state index in [9.17, 15) is 4.79 Å². The molecule has 2 aliphatic heterocycles. The van der Waals surface area contributed by atoms with Crippen LogP contribution >= 0.6 is 0 Å². The molecule has 2 aliphatic rings. The van der Waals surface area contributed by atoms with Gasteiger partial charge >= 0.3 is 0 Å². The van der Waals surface area contributed by atoms with Gasteiger partial charge in [0, 0.05) is 44.7 Å². The van der Waals surface area contributed by atoms with Crippen molar-refractivity contribution in [1.82, 2.24) is 9.80 Å². The molecule has 2 aromatic carbocycles. The molecular weight excluding hydrogens is 382 g/mol.